The number of benzene rings is 2. The lowest BCUT2D eigenvalue weighted by Gasteiger charge is -2.50. The van der Waals surface area contributed by atoms with Crippen molar-refractivity contribution in [1.82, 2.24) is 4.90 Å². The first-order chi connectivity index (χ1) is 10.8. The van der Waals surface area contributed by atoms with Gasteiger partial charge < -0.3 is 4.74 Å². The van der Waals surface area contributed by atoms with Gasteiger partial charge in [0.25, 0.3) is 0 Å². The van der Waals surface area contributed by atoms with Crippen molar-refractivity contribution < 1.29 is 4.74 Å². The van der Waals surface area contributed by atoms with Gasteiger partial charge in [0.15, 0.2) is 0 Å². The van der Waals surface area contributed by atoms with Gasteiger partial charge in [-0.3, -0.25) is 4.90 Å². The normalized spacial score (nSPS) is 30.6. The Morgan fingerprint density at radius 3 is 2.43 bits per heavy atom. The summed E-state index contributed by atoms with van der Waals surface area (Å²) in [7, 11) is 0. The summed E-state index contributed by atoms with van der Waals surface area (Å²) >= 11 is 0. The van der Waals surface area contributed by atoms with Crippen LogP contribution in [0.2, 0.25) is 0 Å². The van der Waals surface area contributed by atoms with Gasteiger partial charge in [-0.25, -0.2) is 0 Å². The van der Waals surface area contributed by atoms with Crippen LogP contribution >= 0.6 is 12.4 Å². The lowest BCUT2D eigenvalue weighted by Crippen LogP contribution is -2.61. The topological polar surface area (TPSA) is 12.5 Å². The molecule has 23 heavy (non-hydrogen) atoms. The number of ether oxygens (including phenoxy) is 1. The predicted octanol–water partition coefficient (Wildman–Crippen LogP) is 4.17. The number of hydrogen-bond acceptors (Lipinski definition) is 2. The largest absolute Gasteiger partial charge is 0.485 e. The van der Waals surface area contributed by atoms with Gasteiger partial charge >= 0.3 is 0 Å². The fourth-order valence-electron chi connectivity index (χ4n) is 4.65. The summed E-state index contributed by atoms with van der Waals surface area (Å²) in [5, 5.41) is 0. The van der Waals surface area contributed by atoms with Gasteiger partial charge in [-0.1, -0.05) is 36.4 Å². The van der Waals surface area contributed by atoms with Crippen LogP contribution in [-0.4, -0.2) is 30.1 Å². The highest BCUT2D eigenvalue weighted by Gasteiger charge is 2.51. The molecule has 0 saturated carbocycles. The minimum absolute atomic E-state index is 0. The Bertz CT molecular complexity index is 709. The summed E-state index contributed by atoms with van der Waals surface area (Å²) in [4.78, 5) is 2.59. The van der Waals surface area contributed by atoms with Gasteiger partial charge in [-0.05, 0) is 54.8 Å². The van der Waals surface area contributed by atoms with Crippen molar-refractivity contribution in [1.29, 1.82) is 0 Å². The van der Waals surface area contributed by atoms with Gasteiger partial charge in [-0.15, -0.1) is 12.4 Å². The summed E-state index contributed by atoms with van der Waals surface area (Å²) in [5.74, 6) is 1.86. The van der Waals surface area contributed by atoms with E-state index in [4.69, 9.17) is 4.74 Å². The first kappa shape index (κ1) is 15.0. The Morgan fingerprint density at radius 1 is 0.957 bits per heavy atom. The first-order valence-corrected chi connectivity index (χ1v) is 8.42. The Hall–Kier alpha value is -1.51. The maximum atomic E-state index is 6.52. The quantitative estimate of drug-likeness (QED) is 0.779. The van der Waals surface area contributed by atoms with Crippen LogP contribution in [0.15, 0.2) is 48.5 Å². The molecular weight excluding hydrogens is 306 g/mol. The molecule has 2 nitrogen and oxygen atoms in total. The van der Waals surface area contributed by atoms with Crippen molar-refractivity contribution in [3.63, 3.8) is 0 Å². The van der Waals surface area contributed by atoms with Crippen LogP contribution in [0.4, 0.5) is 0 Å². The van der Waals surface area contributed by atoms with Crippen molar-refractivity contribution in [2.75, 3.05) is 19.6 Å². The lowest BCUT2D eigenvalue weighted by atomic mass is 9.73. The zero-order valence-corrected chi connectivity index (χ0v) is 14.0. The third kappa shape index (κ3) is 2.36. The molecule has 4 aliphatic heterocycles. The van der Waals surface area contributed by atoms with E-state index in [0.717, 1.165) is 24.6 Å². The molecule has 1 unspecified atom stereocenters. The monoisotopic (exact) mass is 327 g/mol. The van der Waals surface area contributed by atoms with E-state index in [1.807, 2.05) is 0 Å². The Kier molecular flexibility index (Phi) is 3.62. The maximum Gasteiger partial charge on any atom is 0.129 e. The van der Waals surface area contributed by atoms with Gasteiger partial charge in [0.1, 0.15) is 11.4 Å². The van der Waals surface area contributed by atoms with E-state index in [1.54, 1.807) is 0 Å². The van der Waals surface area contributed by atoms with Gasteiger partial charge in [-0.2, -0.15) is 0 Å². The smallest absolute Gasteiger partial charge is 0.129 e. The van der Waals surface area contributed by atoms with Crippen LogP contribution < -0.4 is 4.74 Å². The zero-order chi connectivity index (χ0) is 14.6. The van der Waals surface area contributed by atoms with Crippen molar-refractivity contribution in [3.05, 3.63) is 54.1 Å². The van der Waals surface area contributed by atoms with E-state index in [2.05, 4.69) is 53.4 Å². The third-order valence-electron chi connectivity index (χ3n) is 5.79. The maximum absolute atomic E-state index is 6.52. The molecule has 1 spiro atoms. The molecule has 4 aliphatic rings. The molecule has 120 valence electrons. The average Bonchev–Trinajstić information content (AvgIpc) is 2.93. The molecule has 3 heteroatoms. The molecule has 0 radical (unpaired) electrons. The molecular formula is C20H22ClNO. The molecule has 4 heterocycles. The molecule has 0 aliphatic carbocycles. The standard InChI is InChI=1S/C20H21NO.ClH/c1-2-4-15(5-3-1)16-6-7-19-17(12-16)13-20(22-19)14-21-10-8-18(20)9-11-21;/h1-7,12,18H,8-11,13-14H2;1H. The summed E-state index contributed by atoms with van der Waals surface area (Å²) in [5.41, 5.74) is 4.06. The third-order valence-corrected chi connectivity index (χ3v) is 5.79. The number of piperidine rings is 3. The Morgan fingerprint density at radius 2 is 1.74 bits per heavy atom. The van der Waals surface area contributed by atoms with Crippen molar-refractivity contribution in [2.24, 2.45) is 5.92 Å². The number of rotatable bonds is 1. The molecule has 6 rings (SSSR count). The SMILES string of the molecule is Cl.c1ccc(-c2ccc3c(c2)CC2(CN4CCC2CC4)O3)cc1. The van der Waals surface area contributed by atoms with Gasteiger partial charge in [0.05, 0.1) is 0 Å². The Labute approximate surface area is 143 Å². The lowest BCUT2D eigenvalue weighted by molar-refractivity contribution is -0.0798. The first-order valence-electron chi connectivity index (χ1n) is 8.42. The second kappa shape index (κ2) is 5.54. The molecule has 3 saturated heterocycles. The van der Waals surface area contributed by atoms with E-state index in [-0.39, 0.29) is 18.0 Å². The summed E-state index contributed by atoms with van der Waals surface area (Å²) in [6.07, 6.45) is 3.70. The van der Waals surface area contributed by atoms with Crippen molar-refractivity contribution in [3.8, 4) is 16.9 Å². The number of nitrogens with zero attached hydrogens (tertiary/aromatic N) is 1. The van der Waals surface area contributed by atoms with Gasteiger partial charge in [0, 0.05) is 18.9 Å². The highest BCUT2D eigenvalue weighted by molar-refractivity contribution is 5.85. The van der Waals surface area contributed by atoms with E-state index < -0.39 is 0 Å². The summed E-state index contributed by atoms with van der Waals surface area (Å²) in [6, 6.07) is 17.4. The van der Waals surface area contributed by atoms with Crippen LogP contribution in [0.3, 0.4) is 0 Å². The highest BCUT2D eigenvalue weighted by Crippen LogP contribution is 2.47. The predicted molar refractivity (Wildman–Crippen MR) is 95.4 cm³/mol. The second-order valence-electron chi connectivity index (χ2n) is 7.08. The number of hydrogen-bond donors (Lipinski definition) is 0. The average molecular weight is 328 g/mol. The molecule has 0 N–H and O–H groups in total. The fourth-order valence-corrected chi connectivity index (χ4v) is 4.65. The van der Waals surface area contributed by atoms with E-state index >= 15 is 0 Å². The molecule has 2 bridgehead atoms. The van der Waals surface area contributed by atoms with E-state index in [9.17, 15) is 0 Å². The van der Waals surface area contributed by atoms with Gasteiger partial charge in [0.2, 0.25) is 0 Å². The van der Waals surface area contributed by atoms with Crippen LogP contribution in [0.1, 0.15) is 18.4 Å². The Balaban J connectivity index is 0.00000135. The van der Waals surface area contributed by atoms with Crippen LogP contribution in [0.5, 0.6) is 5.75 Å². The van der Waals surface area contributed by atoms with Crippen molar-refractivity contribution in [2.45, 2.75) is 24.9 Å². The van der Waals surface area contributed by atoms with E-state index in [1.165, 1.54) is 42.6 Å². The zero-order valence-electron chi connectivity index (χ0n) is 13.2. The van der Waals surface area contributed by atoms with E-state index in [0.29, 0.717) is 0 Å². The summed E-state index contributed by atoms with van der Waals surface area (Å²) in [6.45, 7) is 3.65. The minimum Gasteiger partial charge on any atom is -0.485 e. The molecule has 3 fully saturated rings. The molecule has 1 atom stereocenters. The van der Waals surface area contributed by atoms with Crippen LogP contribution in [0, 0.1) is 5.92 Å². The number of halogens is 1. The molecule has 2 aromatic carbocycles. The van der Waals surface area contributed by atoms with Crippen LogP contribution in [-0.2, 0) is 6.42 Å². The second-order valence-corrected chi connectivity index (χ2v) is 7.08. The fraction of sp³-hybridized carbons (Fsp3) is 0.400. The number of fused-ring (bicyclic) bond motifs is 3. The minimum atomic E-state index is 0. The van der Waals surface area contributed by atoms with Crippen molar-refractivity contribution >= 4 is 12.4 Å². The highest BCUT2D eigenvalue weighted by atomic mass is 35.5. The molecule has 0 aromatic heterocycles. The van der Waals surface area contributed by atoms with Crippen LogP contribution in [0.25, 0.3) is 11.1 Å². The molecule has 2 aromatic rings. The molecule has 0 amide bonds. The summed E-state index contributed by atoms with van der Waals surface area (Å²) < 4.78 is 6.52.